The van der Waals surface area contributed by atoms with Gasteiger partial charge in [0, 0.05) is 18.0 Å². The van der Waals surface area contributed by atoms with E-state index in [2.05, 4.69) is 34.6 Å². The van der Waals surface area contributed by atoms with Gasteiger partial charge in [-0.15, -0.1) is 10.2 Å². The van der Waals surface area contributed by atoms with Crippen LogP contribution >= 0.6 is 23.1 Å². The number of aryl methyl sites for hydroxylation is 1. The van der Waals surface area contributed by atoms with Crippen LogP contribution in [0.2, 0.25) is 0 Å². The van der Waals surface area contributed by atoms with E-state index in [1.165, 1.54) is 24.8 Å². The largest absolute Gasteiger partial charge is 0.377 e. The van der Waals surface area contributed by atoms with Crippen LogP contribution in [-0.2, 0) is 4.74 Å². The van der Waals surface area contributed by atoms with Crippen LogP contribution in [0, 0.1) is 6.92 Å². The summed E-state index contributed by atoms with van der Waals surface area (Å²) in [4.78, 5) is 0. The van der Waals surface area contributed by atoms with Crippen LogP contribution in [0.25, 0.3) is 0 Å². The monoisotopic (exact) mass is 321 g/mol. The van der Waals surface area contributed by atoms with Crippen molar-refractivity contribution in [3.8, 4) is 0 Å². The molecular weight excluding hydrogens is 302 g/mol. The molecule has 0 radical (unpaired) electrons. The van der Waals surface area contributed by atoms with Gasteiger partial charge in [-0.25, -0.2) is 0 Å². The number of rotatable bonds is 5. The van der Waals surface area contributed by atoms with E-state index in [1.807, 2.05) is 12.1 Å². The molecule has 1 atom stereocenters. The van der Waals surface area contributed by atoms with Gasteiger partial charge in [0.15, 0.2) is 4.34 Å². The average molecular weight is 321 g/mol. The van der Waals surface area contributed by atoms with Crippen LogP contribution in [0.1, 0.15) is 24.8 Å². The van der Waals surface area contributed by atoms with Gasteiger partial charge in [0.2, 0.25) is 5.13 Å². The molecule has 0 aliphatic carbocycles. The van der Waals surface area contributed by atoms with E-state index in [9.17, 15) is 0 Å². The summed E-state index contributed by atoms with van der Waals surface area (Å²) in [6, 6.07) is 8.26. The van der Waals surface area contributed by atoms with Crippen molar-refractivity contribution >= 4 is 33.9 Å². The molecule has 1 aromatic carbocycles. The van der Waals surface area contributed by atoms with Crippen molar-refractivity contribution in [3.63, 3.8) is 0 Å². The molecule has 3 rings (SSSR count). The smallest absolute Gasteiger partial charge is 0.210 e. The van der Waals surface area contributed by atoms with E-state index >= 15 is 0 Å². The van der Waals surface area contributed by atoms with Crippen molar-refractivity contribution in [3.05, 3.63) is 29.8 Å². The van der Waals surface area contributed by atoms with Crippen LogP contribution in [0.4, 0.5) is 10.8 Å². The Labute approximate surface area is 133 Å². The van der Waals surface area contributed by atoms with Gasteiger partial charge in [0.05, 0.1) is 6.10 Å². The molecule has 0 bridgehead atoms. The number of ether oxygens (including phenoxy) is 1. The molecule has 6 heteroatoms. The lowest BCUT2D eigenvalue weighted by molar-refractivity contribution is 0.0315. The van der Waals surface area contributed by atoms with Gasteiger partial charge in [-0.3, -0.25) is 0 Å². The first kappa shape index (κ1) is 14.8. The maximum Gasteiger partial charge on any atom is 0.210 e. The summed E-state index contributed by atoms with van der Waals surface area (Å²) < 4.78 is 6.73. The SMILES string of the molecule is Cc1cccc(Nc2nnc(SC[C@H]3CCCCO3)s2)c1. The quantitative estimate of drug-likeness (QED) is 0.834. The molecule has 21 heavy (non-hydrogen) atoms. The Bertz CT molecular complexity index is 582. The molecule has 0 spiro atoms. The minimum Gasteiger partial charge on any atom is -0.377 e. The third kappa shape index (κ3) is 4.43. The van der Waals surface area contributed by atoms with Crippen LogP contribution in [-0.4, -0.2) is 28.7 Å². The average Bonchev–Trinajstić information content (AvgIpc) is 2.94. The minimum absolute atomic E-state index is 0.376. The Hall–Kier alpha value is -1.11. The van der Waals surface area contributed by atoms with Crippen molar-refractivity contribution in [2.75, 3.05) is 17.7 Å². The third-order valence-electron chi connectivity index (χ3n) is 3.34. The van der Waals surface area contributed by atoms with Gasteiger partial charge < -0.3 is 10.1 Å². The molecule has 1 N–H and O–H groups in total. The van der Waals surface area contributed by atoms with Crippen LogP contribution < -0.4 is 5.32 Å². The lowest BCUT2D eigenvalue weighted by atomic mass is 10.1. The summed E-state index contributed by atoms with van der Waals surface area (Å²) in [6.45, 7) is 2.98. The fourth-order valence-corrected chi connectivity index (χ4v) is 4.13. The zero-order valence-corrected chi connectivity index (χ0v) is 13.7. The lowest BCUT2D eigenvalue weighted by Crippen LogP contribution is -2.21. The normalized spacial score (nSPS) is 18.6. The number of nitrogens with one attached hydrogen (secondary N) is 1. The maximum absolute atomic E-state index is 5.74. The summed E-state index contributed by atoms with van der Waals surface area (Å²) >= 11 is 3.34. The fraction of sp³-hybridized carbons (Fsp3) is 0.467. The van der Waals surface area contributed by atoms with Gasteiger partial charge in [-0.2, -0.15) is 0 Å². The second-order valence-electron chi connectivity index (χ2n) is 5.17. The van der Waals surface area contributed by atoms with Crippen LogP contribution in [0.5, 0.6) is 0 Å². The van der Waals surface area contributed by atoms with E-state index < -0.39 is 0 Å². The van der Waals surface area contributed by atoms with E-state index in [0.29, 0.717) is 6.10 Å². The number of hydrogen-bond acceptors (Lipinski definition) is 6. The highest BCUT2D eigenvalue weighted by atomic mass is 32.2. The summed E-state index contributed by atoms with van der Waals surface area (Å²) in [7, 11) is 0. The highest BCUT2D eigenvalue weighted by Gasteiger charge is 2.15. The second-order valence-corrected chi connectivity index (χ2v) is 7.41. The van der Waals surface area contributed by atoms with Gasteiger partial charge in [-0.05, 0) is 43.9 Å². The predicted molar refractivity (Wildman–Crippen MR) is 88.7 cm³/mol. The Morgan fingerprint density at radius 2 is 2.33 bits per heavy atom. The topological polar surface area (TPSA) is 47.0 Å². The molecule has 112 valence electrons. The first-order chi connectivity index (χ1) is 10.3. The molecule has 0 amide bonds. The highest BCUT2D eigenvalue weighted by Crippen LogP contribution is 2.29. The van der Waals surface area contributed by atoms with Gasteiger partial charge in [0.1, 0.15) is 0 Å². The summed E-state index contributed by atoms with van der Waals surface area (Å²) in [6.07, 6.45) is 4.02. The van der Waals surface area contributed by atoms with Crippen LogP contribution in [0.15, 0.2) is 28.6 Å². The van der Waals surface area contributed by atoms with E-state index in [1.54, 1.807) is 23.1 Å². The zero-order valence-electron chi connectivity index (χ0n) is 12.0. The number of hydrogen-bond donors (Lipinski definition) is 1. The molecule has 1 aliphatic rings. The Morgan fingerprint density at radius 1 is 1.38 bits per heavy atom. The minimum atomic E-state index is 0.376. The molecule has 0 saturated carbocycles. The molecule has 1 aromatic heterocycles. The summed E-state index contributed by atoms with van der Waals surface area (Å²) in [5, 5.41) is 12.6. The van der Waals surface area contributed by atoms with Crippen molar-refractivity contribution in [1.29, 1.82) is 0 Å². The molecule has 1 saturated heterocycles. The number of thioether (sulfide) groups is 1. The van der Waals surface area contributed by atoms with E-state index in [-0.39, 0.29) is 0 Å². The standard InChI is InChI=1S/C15H19N3OS2/c1-11-5-4-6-12(9-11)16-14-17-18-15(21-14)20-10-13-7-2-3-8-19-13/h4-6,9,13H,2-3,7-8,10H2,1H3,(H,16,17)/t13-/m1/s1. The zero-order chi connectivity index (χ0) is 14.5. The molecular formula is C15H19N3OS2. The van der Waals surface area contributed by atoms with Gasteiger partial charge in [-0.1, -0.05) is 35.2 Å². The molecule has 1 fully saturated rings. The Balaban J connectivity index is 1.53. The second kappa shape index (κ2) is 7.24. The highest BCUT2D eigenvalue weighted by molar-refractivity contribution is 8.01. The molecule has 0 unspecified atom stereocenters. The van der Waals surface area contributed by atoms with Crippen LogP contribution in [0.3, 0.4) is 0 Å². The Morgan fingerprint density at radius 3 is 3.14 bits per heavy atom. The lowest BCUT2D eigenvalue weighted by Gasteiger charge is -2.21. The van der Waals surface area contributed by atoms with Crippen molar-refractivity contribution in [1.82, 2.24) is 10.2 Å². The number of nitrogens with zero attached hydrogens (tertiary/aromatic N) is 2. The Kier molecular flexibility index (Phi) is 5.11. The fourth-order valence-electron chi connectivity index (χ4n) is 2.27. The molecule has 2 aromatic rings. The maximum atomic E-state index is 5.74. The van der Waals surface area contributed by atoms with Crippen molar-refractivity contribution < 1.29 is 4.74 Å². The number of aromatic nitrogens is 2. The van der Waals surface area contributed by atoms with E-state index in [4.69, 9.17) is 4.74 Å². The number of benzene rings is 1. The molecule has 4 nitrogen and oxygen atoms in total. The predicted octanol–water partition coefficient (Wildman–Crippen LogP) is 4.25. The van der Waals surface area contributed by atoms with Gasteiger partial charge >= 0.3 is 0 Å². The number of anilines is 2. The summed E-state index contributed by atoms with van der Waals surface area (Å²) in [5.41, 5.74) is 2.28. The summed E-state index contributed by atoms with van der Waals surface area (Å²) in [5.74, 6) is 0.971. The first-order valence-electron chi connectivity index (χ1n) is 7.21. The van der Waals surface area contributed by atoms with Gasteiger partial charge in [0.25, 0.3) is 0 Å². The van der Waals surface area contributed by atoms with Crippen molar-refractivity contribution in [2.45, 2.75) is 36.6 Å². The van der Waals surface area contributed by atoms with Crippen molar-refractivity contribution in [2.24, 2.45) is 0 Å². The molecule has 1 aliphatic heterocycles. The molecule has 2 heterocycles. The van der Waals surface area contributed by atoms with E-state index in [0.717, 1.165) is 27.5 Å². The third-order valence-corrected chi connectivity index (χ3v) is 5.45. The first-order valence-corrected chi connectivity index (χ1v) is 9.01.